The molecular formula is C22H19NO5. The van der Waals surface area contributed by atoms with E-state index in [1.165, 1.54) is 25.5 Å². The van der Waals surface area contributed by atoms with Gasteiger partial charge in [0.05, 0.1) is 13.4 Å². The highest BCUT2D eigenvalue weighted by atomic mass is 16.5. The molecule has 0 amide bonds. The number of carbonyl (C=O) groups excluding carboxylic acids is 2. The van der Waals surface area contributed by atoms with Gasteiger partial charge in [-0.3, -0.25) is 4.79 Å². The van der Waals surface area contributed by atoms with Gasteiger partial charge in [-0.25, -0.2) is 4.79 Å². The molecule has 0 saturated heterocycles. The number of hydrogen-bond acceptors (Lipinski definition) is 5. The van der Waals surface area contributed by atoms with Gasteiger partial charge in [-0.15, -0.1) is 0 Å². The van der Waals surface area contributed by atoms with Crippen molar-refractivity contribution in [3.05, 3.63) is 95.7 Å². The van der Waals surface area contributed by atoms with E-state index in [4.69, 9.17) is 4.42 Å². The predicted molar refractivity (Wildman–Crippen MR) is 105 cm³/mol. The molecule has 28 heavy (non-hydrogen) atoms. The number of rotatable bonds is 7. The summed E-state index contributed by atoms with van der Waals surface area (Å²) in [4.78, 5) is 23.6. The molecule has 1 N–H and O–H groups in total. The maximum atomic E-state index is 12.1. The number of nitrogens with zero attached hydrogens (tertiary/aromatic N) is 1. The third-order valence-corrected chi connectivity index (χ3v) is 4.04. The van der Waals surface area contributed by atoms with E-state index in [0.29, 0.717) is 17.8 Å². The monoisotopic (exact) mass is 377 g/mol. The minimum atomic E-state index is -0.484. The molecule has 2 heterocycles. The van der Waals surface area contributed by atoms with E-state index in [-0.39, 0.29) is 11.5 Å². The summed E-state index contributed by atoms with van der Waals surface area (Å²) >= 11 is 0. The second kappa shape index (κ2) is 8.73. The smallest absolute Gasteiger partial charge is 0.330 e. The molecule has 0 unspecified atom stereocenters. The lowest BCUT2D eigenvalue weighted by Gasteiger charge is -2.06. The van der Waals surface area contributed by atoms with Gasteiger partial charge in [0.15, 0.2) is 5.76 Å². The number of carbonyl (C=O) groups is 2. The van der Waals surface area contributed by atoms with Gasteiger partial charge >= 0.3 is 5.97 Å². The Kier molecular flexibility index (Phi) is 5.91. The van der Waals surface area contributed by atoms with E-state index in [9.17, 15) is 14.7 Å². The summed E-state index contributed by atoms with van der Waals surface area (Å²) in [5.41, 5.74) is 2.17. The second-order valence-electron chi connectivity index (χ2n) is 5.99. The van der Waals surface area contributed by atoms with E-state index in [2.05, 4.69) is 4.74 Å². The van der Waals surface area contributed by atoms with Gasteiger partial charge in [-0.05, 0) is 29.8 Å². The maximum absolute atomic E-state index is 12.1. The summed E-state index contributed by atoms with van der Waals surface area (Å²) in [6, 6.07) is 14.6. The molecule has 0 spiro atoms. The highest BCUT2D eigenvalue weighted by Crippen LogP contribution is 2.20. The van der Waals surface area contributed by atoms with Crippen LogP contribution in [0.15, 0.2) is 77.6 Å². The van der Waals surface area contributed by atoms with Crippen molar-refractivity contribution < 1.29 is 23.8 Å². The number of aliphatic hydroxyl groups is 1. The number of methoxy groups -OCH3 is 1. The lowest BCUT2D eigenvalue weighted by Crippen LogP contribution is -2.01. The molecule has 6 heteroatoms. The van der Waals surface area contributed by atoms with Crippen molar-refractivity contribution in [2.75, 3.05) is 7.11 Å². The minimum Gasteiger partial charge on any atom is -0.507 e. The van der Waals surface area contributed by atoms with Crippen molar-refractivity contribution in [2.45, 2.75) is 6.54 Å². The zero-order valence-electron chi connectivity index (χ0n) is 15.2. The highest BCUT2D eigenvalue weighted by molar-refractivity contribution is 6.05. The summed E-state index contributed by atoms with van der Waals surface area (Å²) in [6.07, 6.45) is 7.11. The van der Waals surface area contributed by atoms with E-state index in [1.54, 1.807) is 24.4 Å². The average molecular weight is 377 g/mol. The first-order valence-electron chi connectivity index (χ1n) is 8.56. The van der Waals surface area contributed by atoms with Crippen molar-refractivity contribution in [3.8, 4) is 0 Å². The van der Waals surface area contributed by atoms with E-state index >= 15 is 0 Å². The molecule has 6 nitrogen and oxygen atoms in total. The Bertz CT molecular complexity index is 1010. The topological polar surface area (TPSA) is 81.7 Å². The number of ether oxygens (including phenoxy) is 1. The molecule has 1 aromatic carbocycles. The Morgan fingerprint density at radius 1 is 1.18 bits per heavy atom. The number of benzene rings is 1. The molecule has 2 aromatic heterocycles. The van der Waals surface area contributed by atoms with Crippen LogP contribution in [0.25, 0.3) is 11.8 Å². The Morgan fingerprint density at radius 3 is 2.64 bits per heavy atom. The lowest BCUT2D eigenvalue weighted by atomic mass is 10.2. The molecule has 0 bridgehead atoms. The molecule has 142 valence electrons. The zero-order chi connectivity index (χ0) is 19.9. The number of aliphatic hydroxyl groups excluding tert-OH is 1. The van der Waals surface area contributed by atoms with Gasteiger partial charge < -0.3 is 18.8 Å². The van der Waals surface area contributed by atoms with Crippen LogP contribution in [0.3, 0.4) is 0 Å². The third kappa shape index (κ3) is 4.67. The standard InChI is InChI=1S/C22H19NO5/c1-27-22(26)10-9-18-12-17(15-23(18)14-16-6-3-2-4-7-16)19(24)13-20(25)21-8-5-11-28-21/h2-13,15,24H,14H2,1H3. The van der Waals surface area contributed by atoms with Crippen molar-refractivity contribution in [1.29, 1.82) is 0 Å². The molecule has 0 aliphatic heterocycles. The number of ketones is 1. The van der Waals surface area contributed by atoms with Crippen LogP contribution < -0.4 is 0 Å². The van der Waals surface area contributed by atoms with Crippen LogP contribution >= 0.6 is 0 Å². The van der Waals surface area contributed by atoms with Crippen LogP contribution in [-0.4, -0.2) is 28.5 Å². The second-order valence-corrected chi connectivity index (χ2v) is 5.99. The Balaban J connectivity index is 1.92. The van der Waals surface area contributed by atoms with E-state index in [0.717, 1.165) is 11.6 Å². The molecule has 3 aromatic rings. The molecule has 0 radical (unpaired) electrons. The first-order valence-corrected chi connectivity index (χ1v) is 8.56. The molecule has 0 saturated carbocycles. The molecule has 0 aliphatic carbocycles. The van der Waals surface area contributed by atoms with E-state index < -0.39 is 11.8 Å². The molecule has 0 fully saturated rings. The van der Waals surface area contributed by atoms with Gasteiger partial charge in [-0.2, -0.15) is 0 Å². The third-order valence-electron chi connectivity index (χ3n) is 4.04. The van der Waals surface area contributed by atoms with Crippen molar-refractivity contribution in [2.24, 2.45) is 0 Å². The summed E-state index contributed by atoms with van der Waals surface area (Å²) in [6.45, 7) is 0.529. The number of aromatic nitrogens is 1. The van der Waals surface area contributed by atoms with Gasteiger partial charge in [0.2, 0.25) is 5.78 Å². The molecule has 3 rings (SSSR count). The van der Waals surface area contributed by atoms with Crippen LogP contribution in [0.5, 0.6) is 0 Å². The van der Waals surface area contributed by atoms with Crippen molar-refractivity contribution in [3.63, 3.8) is 0 Å². The van der Waals surface area contributed by atoms with E-state index in [1.807, 2.05) is 34.9 Å². The fourth-order valence-electron chi connectivity index (χ4n) is 2.64. The number of furan rings is 1. The molecular weight excluding hydrogens is 358 g/mol. The fraction of sp³-hybridized carbons (Fsp3) is 0.0909. The summed E-state index contributed by atoms with van der Waals surface area (Å²) in [5, 5.41) is 10.4. The van der Waals surface area contributed by atoms with Crippen LogP contribution in [0.1, 0.15) is 27.4 Å². The normalized spacial score (nSPS) is 11.7. The first kappa shape index (κ1) is 19.0. The van der Waals surface area contributed by atoms with Gasteiger partial charge in [0.25, 0.3) is 0 Å². The number of hydrogen-bond donors (Lipinski definition) is 1. The van der Waals surface area contributed by atoms with Gasteiger partial charge in [0.1, 0.15) is 5.76 Å². The Morgan fingerprint density at radius 2 is 1.96 bits per heavy atom. The Hall–Kier alpha value is -3.80. The predicted octanol–water partition coefficient (Wildman–Crippen LogP) is 4.10. The number of allylic oxidation sites excluding steroid dienone is 1. The summed E-state index contributed by atoms with van der Waals surface area (Å²) < 4.78 is 11.5. The quantitative estimate of drug-likeness (QED) is 0.290. The van der Waals surface area contributed by atoms with Crippen LogP contribution in [0.2, 0.25) is 0 Å². The largest absolute Gasteiger partial charge is 0.507 e. The summed E-state index contributed by atoms with van der Waals surface area (Å²) in [5.74, 6) is -0.978. The van der Waals surface area contributed by atoms with Crippen LogP contribution in [0.4, 0.5) is 0 Å². The van der Waals surface area contributed by atoms with Gasteiger partial charge in [-0.1, -0.05) is 30.3 Å². The number of esters is 1. The SMILES string of the molecule is COC(=O)C=Cc1cc(C(O)=CC(=O)c2ccco2)cn1Cc1ccccc1. The van der Waals surface area contributed by atoms with Crippen LogP contribution in [-0.2, 0) is 16.1 Å². The van der Waals surface area contributed by atoms with Crippen molar-refractivity contribution in [1.82, 2.24) is 4.57 Å². The highest BCUT2D eigenvalue weighted by Gasteiger charge is 2.12. The lowest BCUT2D eigenvalue weighted by molar-refractivity contribution is -0.134. The molecule has 0 atom stereocenters. The fourth-order valence-corrected chi connectivity index (χ4v) is 2.64. The zero-order valence-corrected chi connectivity index (χ0v) is 15.2. The van der Waals surface area contributed by atoms with Crippen molar-refractivity contribution >= 4 is 23.6 Å². The van der Waals surface area contributed by atoms with Crippen LogP contribution in [0, 0.1) is 0 Å². The maximum Gasteiger partial charge on any atom is 0.330 e. The minimum absolute atomic E-state index is 0.140. The Labute approximate surface area is 162 Å². The average Bonchev–Trinajstić information content (AvgIpc) is 3.37. The molecule has 0 aliphatic rings. The first-order chi connectivity index (χ1) is 13.6. The van der Waals surface area contributed by atoms with Gasteiger partial charge in [0, 0.05) is 36.2 Å². The summed E-state index contributed by atoms with van der Waals surface area (Å²) in [7, 11) is 1.30.